The van der Waals surface area contributed by atoms with Crippen LogP contribution in [0, 0.1) is 0 Å². The fourth-order valence-corrected chi connectivity index (χ4v) is 1.11. The van der Waals surface area contributed by atoms with E-state index in [9.17, 15) is 0 Å². The Labute approximate surface area is 54.9 Å². The standard InChI is InChI=1S/C6H13NO2/c1-2-7-3-5(8)6(9)4-7/h5-6,8-9H,2-4H2,1H3/t5-,6-/m0/s1. The van der Waals surface area contributed by atoms with E-state index in [-0.39, 0.29) is 0 Å². The lowest BCUT2D eigenvalue weighted by Crippen LogP contribution is -2.22. The number of hydrogen-bond acceptors (Lipinski definition) is 3. The van der Waals surface area contributed by atoms with Gasteiger partial charge in [-0.2, -0.15) is 0 Å². The van der Waals surface area contributed by atoms with E-state index >= 15 is 0 Å². The van der Waals surface area contributed by atoms with Gasteiger partial charge in [-0.25, -0.2) is 0 Å². The Morgan fingerprint density at radius 1 is 1.33 bits per heavy atom. The summed E-state index contributed by atoms with van der Waals surface area (Å²) in [4.78, 5) is 2.02. The Kier molecular flexibility index (Phi) is 2.05. The van der Waals surface area contributed by atoms with E-state index < -0.39 is 12.2 Å². The Balaban J connectivity index is 2.35. The lowest BCUT2D eigenvalue weighted by molar-refractivity contribution is 0.0572. The zero-order valence-corrected chi connectivity index (χ0v) is 5.62. The molecule has 0 saturated carbocycles. The normalized spacial score (nSPS) is 37.7. The molecule has 0 bridgehead atoms. The van der Waals surface area contributed by atoms with Gasteiger partial charge in [0.25, 0.3) is 0 Å². The maximum Gasteiger partial charge on any atom is 0.0938 e. The Hall–Kier alpha value is -0.120. The molecule has 1 saturated heterocycles. The van der Waals surface area contributed by atoms with Crippen LogP contribution in [0.5, 0.6) is 0 Å². The van der Waals surface area contributed by atoms with Crippen molar-refractivity contribution in [2.75, 3.05) is 19.6 Å². The molecule has 1 aliphatic heterocycles. The molecule has 0 radical (unpaired) electrons. The van der Waals surface area contributed by atoms with Gasteiger partial charge in [-0.05, 0) is 6.54 Å². The average molecular weight is 131 g/mol. The third-order valence-corrected chi connectivity index (χ3v) is 1.78. The van der Waals surface area contributed by atoms with E-state index in [0.717, 1.165) is 6.54 Å². The quantitative estimate of drug-likeness (QED) is 0.482. The first-order chi connectivity index (χ1) is 4.24. The van der Waals surface area contributed by atoms with Crippen molar-refractivity contribution < 1.29 is 10.2 Å². The molecule has 2 atom stereocenters. The SMILES string of the molecule is CCN1C[C@H](O)[C@@H](O)C1. The summed E-state index contributed by atoms with van der Waals surface area (Å²) >= 11 is 0. The second kappa shape index (κ2) is 2.64. The van der Waals surface area contributed by atoms with Crippen LogP contribution in [-0.2, 0) is 0 Å². The summed E-state index contributed by atoms with van der Waals surface area (Å²) in [5, 5.41) is 18.0. The van der Waals surface area contributed by atoms with Gasteiger partial charge in [0.1, 0.15) is 0 Å². The van der Waals surface area contributed by atoms with Gasteiger partial charge >= 0.3 is 0 Å². The third kappa shape index (κ3) is 1.41. The van der Waals surface area contributed by atoms with Crippen molar-refractivity contribution in [1.82, 2.24) is 4.90 Å². The summed E-state index contributed by atoms with van der Waals surface area (Å²) in [5.74, 6) is 0. The fraction of sp³-hybridized carbons (Fsp3) is 1.00. The molecule has 1 fully saturated rings. The van der Waals surface area contributed by atoms with E-state index in [1.165, 1.54) is 0 Å². The molecule has 1 aliphatic rings. The van der Waals surface area contributed by atoms with Crippen molar-refractivity contribution in [1.29, 1.82) is 0 Å². The second-order valence-electron chi connectivity index (χ2n) is 2.49. The molecule has 0 aromatic carbocycles. The van der Waals surface area contributed by atoms with Gasteiger partial charge < -0.3 is 10.2 Å². The van der Waals surface area contributed by atoms with Crippen molar-refractivity contribution in [3.8, 4) is 0 Å². The lowest BCUT2D eigenvalue weighted by atomic mass is 10.3. The van der Waals surface area contributed by atoms with Crippen molar-refractivity contribution in [2.45, 2.75) is 19.1 Å². The summed E-state index contributed by atoms with van der Waals surface area (Å²) in [6.07, 6.45) is -1.05. The van der Waals surface area contributed by atoms with Crippen LogP contribution in [0.1, 0.15) is 6.92 Å². The van der Waals surface area contributed by atoms with Gasteiger partial charge in [0.15, 0.2) is 0 Å². The van der Waals surface area contributed by atoms with Gasteiger partial charge in [0.05, 0.1) is 12.2 Å². The predicted molar refractivity (Wildman–Crippen MR) is 34.1 cm³/mol. The molecule has 3 heteroatoms. The van der Waals surface area contributed by atoms with Gasteiger partial charge in [0, 0.05) is 13.1 Å². The molecule has 0 aromatic heterocycles. The molecule has 0 spiro atoms. The van der Waals surface area contributed by atoms with E-state index in [1.807, 2.05) is 11.8 Å². The van der Waals surface area contributed by atoms with E-state index in [2.05, 4.69) is 0 Å². The highest BCUT2D eigenvalue weighted by Crippen LogP contribution is 2.07. The Morgan fingerprint density at radius 2 is 1.78 bits per heavy atom. The third-order valence-electron chi connectivity index (χ3n) is 1.78. The highest BCUT2D eigenvalue weighted by molar-refractivity contribution is 4.81. The zero-order valence-electron chi connectivity index (χ0n) is 5.62. The van der Waals surface area contributed by atoms with Crippen LogP contribution in [0.4, 0.5) is 0 Å². The zero-order chi connectivity index (χ0) is 6.85. The monoisotopic (exact) mass is 131 g/mol. The van der Waals surface area contributed by atoms with Gasteiger partial charge in [-0.3, -0.25) is 4.90 Å². The number of hydrogen-bond donors (Lipinski definition) is 2. The fourth-order valence-electron chi connectivity index (χ4n) is 1.11. The van der Waals surface area contributed by atoms with E-state index in [4.69, 9.17) is 10.2 Å². The minimum absolute atomic E-state index is 0.523. The molecule has 0 unspecified atom stereocenters. The van der Waals surface area contributed by atoms with Crippen LogP contribution in [0.15, 0.2) is 0 Å². The minimum Gasteiger partial charge on any atom is -0.389 e. The van der Waals surface area contributed by atoms with Crippen molar-refractivity contribution >= 4 is 0 Å². The molecule has 54 valence electrons. The van der Waals surface area contributed by atoms with E-state index in [0.29, 0.717) is 13.1 Å². The molecule has 9 heavy (non-hydrogen) atoms. The first kappa shape index (κ1) is 6.99. The van der Waals surface area contributed by atoms with Crippen LogP contribution in [0.3, 0.4) is 0 Å². The smallest absolute Gasteiger partial charge is 0.0938 e. The summed E-state index contributed by atoms with van der Waals surface area (Å²) in [7, 11) is 0. The number of nitrogens with zero attached hydrogens (tertiary/aromatic N) is 1. The Bertz CT molecular complexity index is 87.1. The summed E-state index contributed by atoms with van der Waals surface area (Å²) < 4.78 is 0. The second-order valence-corrected chi connectivity index (χ2v) is 2.49. The molecule has 3 nitrogen and oxygen atoms in total. The van der Waals surface area contributed by atoms with Gasteiger partial charge in [-0.1, -0.05) is 6.92 Å². The molecule has 0 aliphatic carbocycles. The van der Waals surface area contributed by atoms with E-state index in [1.54, 1.807) is 0 Å². The summed E-state index contributed by atoms with van der Waals surface area (Å²) in [6.45, 7) is 4.17. The Morgan fingerprint density at radius 3 is 2.00 bits per heavy atom. The number of aliphatic hydroxyl groups is 2. The highest BCUT2D eigenvalue weighted by atomic mass is 16.3. The average Bonchev–Trinajstić information content (AvgIpc) is 2.13. The number of β-amino-alcohol motifs (C(OH)–C–C–N with tert-alkyl or cyclic N) is 2. The number of rotatable bonds is 1. The maximum absolute atomic E-state index is 9.01. The largest absolute Gasteiger partial charge is 0.389 e. The van der Waals surface area contributed by atoms with Crippen LogP contribution in [-0.4, -0.2) is 47.0 Å². The van der Waals surface area contributed by atoms with Crippen molar-refractivity contribution in [3.63, 3.8) is 0 Å². The maximum atomic E-state index is 9.01. The number of aliphatic hydroxyl groups excluding tert-OH is 2. The molecule has 2 N–H and O–H groups in total. The summed E-state index contributed by atoms with van der Waals surface area (Å²) in [5.41, 5.74) is 0. The molecule has 0 amide bonds. The van der Waals surface area contributed by atoms with Gasteiger partial charge in [0.2, 0.25) is 0 Å². The summed E-state index contributed by atoms with van der Waals surface area (Å²) in [6, 6.07) is 0. The van der Waals surface area contributed by atoms with Crippen LogP contribution in [0.25, 0.3) is 0 Å². The molecule has 0 aromatic rings. The van der Waals surface area contributed by atoms with Crippen molar-refractivity contribution in [3.05, 3.63) is 0 Å². The number of likely N-dealkylation sites (N-methyl/N-ethyl adjacent to an activating group) is 1. The van der Waals surface area contributed by atoms with Crippen molar-refractivity contribution in [2.24, 2.45) is 0 Å². The first-order valence-electron chi connectivity index (χ1n) is 3.32. The van der Waals surface area contributed by atoms with Crippen LogP contribution in [0.2, 0.25) is 0 Å². The molecular weight excluding hydrogens is 118 g/mol. The first-order valence-corrected chi connectivity index (χ1v) is 3.32. The predicted octanol–water partition coefficient (Wildman–Crippen LogP) is -0.956. The highest BCUT2D eigenvalue weighted by Gasteiger charge is 2.27. The minimum atomic E-state index is -0.523. The van der Waals surface area contributed by atoms with Crippen LogP contribution >= 0.6 is 0 Å². The van der Waals surface area contributed by atoms with Crippen LogP contribution < -0.4 is 0 Å². The molecule has 1 heterocycles. The molecule has 1 rings (SSSR count). The molecular formula is C6H13NO2. The lowest BCUT2D eigenvalue weighted by Gasteiger charge is -2.08. The number of likely N-dealkylation sites (tertiary alicyclic amines) is 1. The van der Waals surface area contributed by atoms with Gasteiger partial charge in [-0.15, -0.1) is 0 Å². The topological polar surface area (TPSA) is 43.7 Å².